The molecule has 1 aliphatic heterocycles. The van der Waals surface area contributed by atoms with Crippen molar-refractivity contribution in [3.8, 4) is 0 Å². The summed E-state index contributed by atoms with van der Waals surface area (Å²) in [6.07, 6.45) is 2.21. The van der Waals surface area contributed by atoms with E-state index in [9.17, 15) is 4.79 Å². The standard InChI is InChI=1S/C6H12N2O2/c9-5-10-8-6-2-1-3-7-4-6/h5-8H,1-4H2. The Kier molecular flexibility index (Phi) is 3.18. The number of nitrogens with one attached hydrogen (secondary N) is 2. The number of rotatable bonds is 3. The molecule has 2 N–H and O–H groups in total. The number of carbonyl (C=O) groups is 1. The molecular weight excluding hydrogens is 132 g/mol. The molecule has 4 nitrogen and oxygen atoms in total. The Balaban J connectivity index is 2.07. The van der Waals surface area contributed by atoms with Crippen molar-refractivity contribution < 1.29 is 9.63 Å². The van der Waals surface area contributed by atoms with Crippen LogP contribution < -0.4 is 10.8 Å². The van der Waals surface area contributed by atoms with Crippen LogP contribution in [-0.4, -0.2) is 25.6 Å². The maximum atomic E-state index is 9.74. The van der Waals surface area contributed by atoms with E-state index in [1.807, 2.05) is 0 Å². The first-order valence-electron chi connectivity index (χ1n) is 3.49. The molecule has 1 fully saturated rings. The van der Waals surface area contributed by atoms with Gasteiger partial charge in [-0.15, -0.1) is 5.48 Å². The summed E-state index contributed by atoms with van der Waals surface area (Å²) in [5.41, 5.74) is 2.64. The van der Waals surface area contributed by atoms with E-state index < -0.39 is 0 Å². The highest BCUT2D eigenvalue weighted by Crippen LogP contribution is 1.99. The van der Waals surface area contributed by atoms with Gasteiger partial charge in [0.2, 0.25) is 0 Å². The fraction of sp³-hybridized carbons (Fsp3) is 0.833. The predicted octanol–water partition coefficient (Wildman–Crippen LogP) is -0.584. The molecule has 1 rings (SSSR count). The van der Waals surface area contributed by atoms with Crippen LogP contribution in [0.5, 0.6) is 0 Å². The number of piperidine rings is 1. The lowest BCUT2D eigenvalue weighted by Crippen LogP contribution is -2.42. The maximum Gasteiger partial charge on any atom is 0.312 e. The van der Waals surface area contributed by atoms with Crippen LogP contribution in [0.25, 0.3) is 0 Å². The second-order valence-corrected chi connectivity index (χ2v) is 2.38. The zero-order chi connectivity index (χ0) is 7.23. The van der Waals surface area contributed by atoms with Gasteiger partial charge in [0.05, 0.1) is 6.04 Å². The molecule has 58 valence electrons. The van der Waals surface area contributed by atoms with Gasteiger partial charge in [-0.05, 0) is 19.4 Å². The van der Waals surface area contributed by atoms with Gasteiger partial charge in [-0.2, -0.15) is 0 Å². The fourth-order valence-corrected chi connectivity index (χ4v) is 1.08. The first-order valence-corrected chi connectivity index (χ1v) is 3.49. The van der Waals surface area contributed by atoms with Crippen LogP contribution in [0.2, 0.25) is 0 Å². The minimum atomic E-state index is 0.291. The molecule has 10 heavy (non-hydrogen) atoms. The van der Waals surface area contributed by atoms with Crippen LogP contribution in [0, 0.1) is 0 Å². The Morgan fingerprint density at radius 3 is 3.20 bits per heavy atom. The molecular formula is C6H12N2O2. The normalized spacial score (nSPS) is 25.8. The summed E-state index contributed by atoms with van der Waals surface area (Å²) < 4.78 is 0. The number of hydrogen-bond donors (Lipinski definition) is 2. The summed E-state index contributed by atoms with van der Waals surface area (Å²) in [5.74, 6) is 0. The van der Waals surface area contributed by atoms with E-state index in [4.69, 9.17) is 0 Å². The molecule has 0 amide bonds. The molecule has 0 bridgehead atoms. The molecule has 0 spiro atoms. The van der Waals surface area contributed by atoms with Crippen LogP contribution in [0.1, 0.15) is 12.8 Å². The molecule has 0 radical (unpaired) electrons. The van der Waals surface area contributed by atoms with E-state index in [1.165, 1.54) is 0 Å². The Labute approximate surface area is 59.9 Å². The summed E-state index contributed by atoms with van der Waals surface area (Å²) >= 11 is 0. The van der Waals surface area contributed by atoms with Gasteiger partial charge in [0.25, 0.3) is 0 Å². The number of hydroxylamine groups is 1. The summed E-state index contributed by atoms with van der Waals surface area (Å²) in [5, 5.41) is 3.19. The Bertz CT molecular complexity index is 102. The van der Waals surface area contributed by atoms with Crippen molar-refractivity contribution in [2.75, 3.05) is 13.1 Å². The molecule has 1 saturated heterocycles. The zero-order valence-corrected chi connectivity index (χ0v) is 5.80. The van der Waals surface area contributed by atoms with Gasteiger partial charge in [-0.25, -0.2) is 0 Å². The van der Waals surface area contributed by atoms with Crippen molar-refractivity contribution in [3.63, 3.8) is 0 Å². The molecule has 1 heterocycles. The zero-order valence-electron chi connectivity index (χ0n) is 5.80. The van der Waals surface area contributed by atoms with Crippen LogP contribution in [-0.2, 0) is 9.63 Å². The van der Waals surface area contributed by atoms with Crippen molar-refractivity contribution >= 4 is 6.47 Å². The largest absolute Gasteiger partial charge is 0.373 e. The lowest BCUT2D eigenvalue weighted by molar-refractivity contribution is -0.137. The Morgan fingerprint density at radius 1 is 1.70 bits per heavy atom. The van der Waals surface area contributed by atoms with Crippen molar-refractivity contribution in [2.45, 2.75) is 18.9 Å². The molecule has 0 aromatic rings. The van der Waals surface area contributed by atoms with Crippen LogP contribution in [0.4, 0.5) is 0 Å². The lowest BCUT2D eigenvalue weighted by Gasteiger charge is -2.21. The van der Waals surface area contributed by atoms with Gasteiger partial charge >= 0.3 is 6.47 Å². The van der Waals surface area contributed by atoms with Gasteiger partial charge in [0.15, 0.2) is 0 Å². The quantitative estimate of drug-likeness (QED) is 0.411. The molecule has 4 heteroatoms. The second-order valence-electron chi connectivity index (χ2n) is 2.38. The average molecular weight is 144 g/mol. The molecule has 1 aliphatic rings. The summed E-state index contributed by atoms with van der Waals surface area (Å²) in [7, 11) is 0. The second kappa shape index (κ2) is 4.24. The topological polar surface area (TPSA) is 50.4 Å². The number of carbonyl (C=O) groups excluding carboxylic acids is 1. The lowest BCUT2D eigenvalue weighted by atomic mass is 10.1. The molecule has 0 saturated carbocycles. The average Bonchev–Trinajstić information content (AvgIpc) is 2.03. The van der Waals surface area contributed by atoms with E-state index in [2.05, 4.69) is 15.6 Å². The third-order valence-corrected chi connectivity index (χ3v) is 1.58. The van der Waals surface area contributed by atoms with Crippen LogP contribution in [0.15, 0.2) is 0 Å². The monoisotopic (exact) mass is 144 g/mol. The van der Waals surface area contributed by atoms with E-state index >= 15 is 0 Å². The Morgan fingerprint density at radius 2 is 2.60 bits per heavy atom. The molecule has 0 aromatic carbocycles. The molecule has 0 aromatic heterocycles. The first kappa shape index (κ1) is 7.50. The third kappa shape index (κ3) is 2.33. The van der Waals surface area contributed by atoms with Gasteiger partial charge in [-0.3, -0.25) is 4.79 Å². The maximum absolute atomic E-state index is 9.74. The highest BCUT2D eigenvalue weighted by atomic mass is 16.7. The summed E-state index contributed by atoms with van der Waals surface area (Å²) in [4.78, 5) is 14.1. The van der Waals surface area contributed by atoms with Gasteiger partial charge in [0, 0.05) is 6.54 Å². The SMILES string of the molecule is O=CONC1CCCNC1. The van der Waals surface area contributed by atoms with E-state index in [0.29, 0.717) is 12.5 Å². The summed E-state index contributed by atoms with van der Waals surface area (Å²) in [6, 6.07) is 0.291. The van der Waals surface area contributed by atoms with Crippen molar-refractivity contribution in [2.24, 2.45) is 0 Å². The minimum Gasteiger partial charge on any atom is -0.373 e. The van der Waals surface area contributed by atoms with Crippen molar-refractivity contribution in [1.29, 1.82) is 0 Å². The number of hydrogen-bond acceptors (Lipinski definition) is 4. The van der Waals surface area contributed by atoms with Gasteiger partial charge < -0.3 is 10.2 Å². The predicted molar refractivity (Wildman–Crippen MR) is 36.2 cm³/mol. The first-order chi connectivity index (χ1) is 4.93. The van der Waals surface area contributed by atoms with Crippen molar-refractivity contribution in [3.05, 3.63) is 0 Å². The molecule has 1 unspecified atom stereocenters. The molecule has 0 aliphatic carbocycles. The van der Waals surface area contributed by atoms with E-state index in [-0.39, 0.29) is 0 Å². The summed E-state index contributed by atoms with van der Waals surface area (Å²) in [6.45, 7) is 2.36. The van der Waals surface area contributed by atoms with Gasteiger partial charge in [0.1, 0.15) is 0 Å². The smallest absolute Gasteiger partial charge is 0.312 e. The van der Waals surface area contributed by atoms with Crippen molar-refractivity contribution in [1.82, 2.24) is 10.8 Å². The third-order valence-electron chi connectivity index (χ3n) is 1.58. The van der Waals surface area contributed by atoms with E-state index in [1.54, 1.807) is 0 Å². The van der Waals surface area contributed by atoms with E-state index in [0.717, 1.165) is 25.9 Å². The van der Waals surface area contributed by atoms with Crippen LogP contribution >= 0.6 is 0 Å². The fourth-order valence-electron chi connectivity index (χ4n) is 1.08. The van der Waals surface area contributed by atoms with Gasteiger partial charge in [-0.1, -0.05) is 0 Å². The highest BCUT2D eigenvalue weighted by Gasteiger charge is 2.11. The Hall–Kier alpha value is -0.610. The highest BCUT2D eigenvalue weighted by molar-refractivity contribution is 5.36. The molecule has 1 atom stereocenters. The minimum absolute atomic E-state index is 0.291. The van der Waals surface area contributed by atoms with Crippen LogP contribution in [0.3, 0.4) is 0 Å².